The van der Waals surface area contributed by atoms with Crippen molar-refractivity contribution in [2.75, 3.05) is 32.8 Å². The fourth-order valence-corrected chi connectivity index (χ4v) is 2.79. The normalized spacial score (nSPS) is 17.0. The van der Waals surface area contributed by atoms with E-state index in [0.717, 1.165) is 38.4 Å². The van der Waals surface area contributed by atoms with Gasteiger partial charge in [0.25, 0.3) is 0 Å². The number of hydrogen-bond donors (Lipinski definition) is 2. The van der Waals surface area contributed by atoms with E-state index in [0.29, 0.717) is 25.0 Å². The minimum absolute atomic E-state index is 0.141. The Labute approximate surface area is 138 Å². The summed E-state index contributed by atoms with van der Waals surface area (Å²) in [6.45, 7) is 8.97. The summed E-state index contributed by atoms with van der Waals surface area (Å²) in [4.78, 5) is 18.6. The topological polar surface area (TPSA) is 66.5 Å². The number of pyridine rings is 1. The third kappa shape index (κ3) is 6.54. The molecule has 6 heteroatoms. The lowest BCUT2D eigenvalue weighted by Crippen LogP contribution is -2.50. The van der Waals surface area contributed by atoms with E-state index < -0.39 is 0 Å². The molecule has 2 N–H and O–H groups in total. The zero-order chi connectivity index (χ0) is 16.5. The second kappa shape index (κ2) is 9.47. The standard InChI is InChI=1S/C17H28N4O2/c1-14(2)11-16(21-7-9-23-10-8-21)13-20-17(22)19-12-15-5-3-4-6-18-15/h3-6,14,16H,7-13H2,1-2H3,(H2,19,20,22). The highest BCUT2D eigenvalue weighted by atomic mass is 16.5. The van der Waals surface area contributed by atoms with Crippen molar-refractivity contribution in [1.82, 2.24) is 20.5 Å². The first-order chi connectivity index (χ1) is 11.1. The first kappa shape index (κ1) is 17.7. The van der Waals surface area contributed by atoms with E-state index in [-0.39, 0.29) is 6.03 Å². The van der Waals surface area contributed by atoms with E-state index in [4.69, 9.17) is 4.74 Å². The second-order valence-corrected chi connectivity index (χ2v) is 6.32. The maximum atomic E-state index is 12.0. The zero-order valence-corrected chi connectivity index (χ0v) is 14.1. The van der Waals surface area contributed by atoms with Gasteiger partial charge in [-0.2, -0.15) is 0 Å². The van der Waals surface area contributed by atoms with Gasteiger partial charge in [-0.15, -0.1) is 0 Å². The van der Waals surface area contributed by atoms with Crippen LogP contribution < -0.4 is 10.6 Å². The number of rotatable bonds is 7. The molecule has 0 radical (unpaired) electrons. The summed E-state index contributed by atoms with van der Waals surface area (Å²) in [6, 6.07) is 5.90. The molecular weight excluding hydrogens is 292 g/mol. The Balaban J connectivity index is 1.76. The fourth-order valence-electron chi connectivity index (χ4n) is 2.79. The van der Waals surface area contributed by atoms with Gasteiger partial charge >= 0.3 is 6.03 Å². The molecule has 1 aromatic rings. The molecule has 1 fully saturated rings. The van der Waals surface area contributed by atoms with Crippen LogP contribution in [0.1, 0.15) is 26.0 Å². The van der Waals surface area contributed by atoms with Crippen molar-refractivity contribution in [3.63, 3.8) is 0 Å². The molecule has 1 aliphatic heterocycles. The summed E-state index contributed by atoms with van der Waals surface area (Å²) < 4.78 is 5.42. The van der Waals surface area contributed by atoms with E-state index in [9.17, 15) is 4.79 Å². The van der Waals surface area contributed by atoms with Crippen LogP contribution >= 0.6 is 0 Å². The smallest absolute Gasteiger partial charge is 0.315 e. The molecular formula is C17H28N4O2. The number of nitrogens with one attached hydrogen (secondary N) is 2. The summed E-state index contributed by atoms with van der Waals surface area (Å²) in [5.74, 6) is 0.598. The van der Waals surface area contributed by atoms with Crippen LogP contribution in [0.3, 0.4) is 0 Å². The zero-order valence-electron chi connectivity index (χ0n) is 14.1. The average molecular weight is 320 g/mol. The number of urea groups is 1. The number of nitrogens with zero attached hydrogens (tertiary/aromatic N) is 2. The van der Waals surface area contributed by atoms with Gasteiger partial charge < -0.3 is 15.4 Å². The lowest BCUT2D eigenvalue weighted by Gasteiger charge is -2.35. The van der Waals surface area contributed by atoms with E-state index in [1.54, 1.807) is 6.20 Å². The molecule has 128 valence electrons. The maximum Gasteiger partial charge on any atom is 0.315 e. The molecule has 6 nitrogen and oxygen atoms in total. The number of carbonyl (C=O) groups is 1. The quantitative estimate of drug-likeness (QED) is 0.801. The SMILES string of the molecule is CC(C)CC(CNC(=O)NCc1ccccn1)N1CCOCC1. The van der Waals surface area contributed by atoms with Crippen molar-refractivity contribution < 1.29 is 9.53 Å². The Bertz CT molecular complexity index is 461. The molecule has 1 aromatic heterocycles. The number of carbonyl (C=O) groups excluding carboxylic acids is 1. The molecule has 0 aromatic carbocycles. The van der Waals surface area contributed by atoms with Gasteiger partial charge in [0.05, 0.1) is 25.5 Å². The molecule has 1 unspecified atom stereocenters. The molecule has 0 spiro atoms. The summed E-state index contributed by atoms with van der Waals surface area (Å²) >= 11 is 0. The highest BCUT2D eigenvalue weighted by Gasteiger charge is 2.22. The van der Waals surface area contributed by atoms with Crippen molar-refractivity contribution in [3.8, 4) is 0 Å². The second-order valence-electron chi connectivity index (χ2n) is 6.32. The Morgan fingerprint density at radius 3 is 2.74 bits per heavy atom. The van der Waals surface area contributed by atoms with E-state index in [1.807, 2.05) is 18.2 Å². The van der Waals surface area contributed by atoms with Gasteiger partial charge in [0.2, 0.25) is 0 Å². The molecule has 1 aliphatic rings. The van der Waals surface area contributed by atoms with Crippen molar-refractivity contribution in [3.05, 3.63) is 30.1 Å². The molecule has 0 saturated carbocycles. The Kier molecular flexibility index (Phi) is 7.29. The van der Waals surface area contributed by atoms with Crippen molar-refractivity contribution in [1.29, 1.82) is 0 Å². The first-order valence-electron chi connectivity index (χ1n) is 8.38. The van der Waals surface area contributed by atoms with Crippen molar-refractivity contribution >= 4 is 6.03 Å². The van der Waals surface area contributed by atoms with E-state index in [1.165, 1.54) is 0 Å². The van der Waals surface area contributed by atoms with E-state index >= 15 is 0 Å². The van der Waals surface area contributed by atoms with Gasteiger partial charge in [0.15, 0.2) is 0 Å². The summed E-state index contributed by atoms with van der Waals surface area (Å²) in [5.41, 5.74) is 0.856. The Hall–Kier alpha value is -1.66. The highest BCUT2D eigenvalue weighted by Crippen LogP contribution is 2.12. The predicted octanol–water partition coefficient (Wildman–Crippen LogP) is 1.63. The Morgan fingerprint density at radius 2 is 2.09 bits per heavy atom. The largest absolute Gasteiger partial charge is 0.379 e. The highest BCUT2D eigenvalue weighted by molar-refractivity contribution is 5.73. The predicted molar refractivity (Wildman–Crippen MR) is 90.1 cm³/mol. The molecule has 2 rings (SSSR count). The summed E-state index contributed by atoms with van der Waals surface area (Å²) in [6.07, 6.45) is 2.80. The van der Waals surface area contributed by atoms with Crippen LogP contribution in [-0.2, 0) is 11.3 Å². The monoisotopic (exact) mass is 320 g/mol. The minimum Gasteiger partial charge on any atom is -0.379 e. The van der Waals surface area contributed by atoms with Gasteiger partial charge in [-0.1, -0.05) is 19.9 Å². The average Bonchev–Trinajstić information content (AvgIpc) is 2.58. The number of aromatic nitrogens is 1. The van der Waals surface area contributed by atoms with Gasteiger partial charge in [-0.3, -0.25) is 9.88 Å². The van der Waals surface area contributed by atoms with Crippen LogP contribution in [-0.4, -0.2) is 54.8 Å². The van der Waals surface area contributed by atoms with Gasteiger partial charge in [0.1, 0.15) is 0 Å². The van der Waals surface area contributed by atoms with Crippen LogP contribution in [0.4, 0.5) is 4.79 Å². The number of morpholine rings is 1. The van der Waals surface area contributed by atoms with Gasteiger partial charge in [0, 0.05) is 31.9 Å². The molecule has 2 amide bonds. The molecule has 2 heterocycles. The lowest BCUT2D eigenvalue weighted by molar-refractivity contribution is 0.0129. The summed E-state index contributed by atoms with van der Waals surface area (Å²) in [7, 11) is 0. The number of amides is 2. The Morgan fingerprint density at radius 1 is 1.30 bits per heavy atom. The van der Waals surface area contributed by atoms with Crippen LogP contribution in [0.5, 0.6) is 0 Å². The van der Waals surface area contributed by atoms with Gasteiger partial charge in [-0.05, 0) is 24.5 Å². The van der Waals surface area contributed by atoms with Crippen molar-refractivity contribution in [2.45, 2.75) is 32.9 Å². The van der Waals surface area contributed by atoms with Crippen LogP contribution in [0, 0.1) is 5.92 Å². The lowest BCUT2D eigenvalue weighted by atomic mass is 10.0. The number of ether oxygens (including phenoxy) is 1. The van der Waals surface area contributed by atoms with Crippen LogP contribution in [0.15, 0.2) is 24.4 Å². The maximum absolute atomic E-state index is 12.0. The fraction of sp³-hybridized carbons (Fsp3) is 0.647. The number of hydrogen-bond acceptors (Lipinski definition) is 4. The van der Waals surface area contributed by atoms with E-state index in [2.05, 4.69) is 34.4 Å². The third-order valence-corrected chi connectivity index (χ3v) is 3.96. The first-order valence-corrected chi connectivity index (χ1v) is 8.38. The minimum atomic E-state index is -0.141. The third-order valence-electron chi connectivity index (χ3n) is 3.96. The van der Waals surface area contributed by atoms with Gasteiger partial charge in [-0.25, -0.2) is 4.79 Å². The molecule has 23 heavy (non-hydrogen) atoms. The van der Waals surface area contributed by atoms with Crippen molar-refractivity contribution in [2.24, 2.45) is 5.92 Å². The van der Waals surface area contributed by atoms with Crippen LogP contribution in [0.2, 0.25) is 0 Å². The molecule has 1 saturated heterocycles. The van der Waals surface area contributed by atoms with Crippen LogP contribution in [0.25, 0.3) is 0 Å². The molecule has 0 bridgehead atoms. The summed E-state index contributed by atoms with van der Waals surface area (Å²) in [5, 5.41) is 5.85. The molecule has 0 aliphatic carbocycles. The molecule has 1 atom stereocenters.